The Balaban J connectivity index is 2.02. The van der Waals surface area contributed by atoms with Gasteiger partial charge in [-0.25, -0.2) is 0 Å². The third kappa shape index (κ3) is 3.21. The lowest BCUT2D eigenvalue weighted by molar-refractivity contribution is 0.316. The fourth-order valence-corrected chi connectivity index (χ4v) is 2.87. The fourth-order valence-electron chi connectivity index (χ4n) is 2.48. The van der Waals surface area contributed by atoms with E-state index in [1.165, 1.54) is 0 Å². The number of hydrogen-bond donors (Lipinski definition) is 0. The normalized spacial score (nSPS) is 11.9. The maximum atomic E-state index is 11.1. The number of benzene rings is 2. The van der Waals surface area contributed by atoms with Gasteiger partial charge in [0.15, 0.2) is 0 Å². The van der Waals surface area contributed by atoms with Gasteiger partial charge in [0.25, 0.3) is 10.1 Å². The van der Waals surface area contributed by atoms with Crippen molar-refractivity contribution in [3.05, 3.63) is 60.4 Å². The van der Waals surface area contributed by atoms with Crippen LogP contribution in [-0.2, 0) is 20.7 Å². The van der Waals surface area contributed by atoms with Crippen LogP contribution in [0.1, 0.15) is 5.76 Å². The molecule has 4 nitrogen and oxygen atoms in total. The third-order valence-corrected chi connectivity index (χ3v) is 3.95. The highest BCUT2D eigenvalue weighted by molar-refractivity contribution is 7.85. The van der Waals surface area contributed by atoms with E-state index in [4.69, 9.17) is 8.60 Å². The minimum absolute atomic E-state index is 0.0679. The molecule has 3 aromatic rings. The molecule has 0 amide bonds. The molecular formula is C17H16O4S. The van der Waals surface area contributed by atoms with Gasteiger partial charge in [-0.05, 0) is 11.6 Å². The maximum Gasteiger partial charge on any atom is 0.264 e. The van der Waals surface area contributed by atoms with Crippen molar-refractivity contribution in [1.29, 1.82) is 0 Å². The standard InChI is InChI=1S/C17H16O4S/c1-22(18,19)20-12-11-16-17(13-7-3-2-4-8-13)14-9-5-6-10-15(14)21-16/h2-10H,11-12H2,1H3. The van der Waals surface area contributed by atoms with E-state index in [1.54, 1.807) is 0 Å². The summed E-state index contributed by atoms with van der Waals surface area (Å²) < 4.78 is 32.9. The van der Waals surface area contributed by atoms with Gasteiger partial charge in [0.1, 0.15) is 11.3 Å². The molecule has 0 aliphatic carbocycles. The Labute approximate surface area is 129 Å². The van der Waals surface area contributed by atoms with Gasteiger partial charge < -0.3 is 4.42 Å². The zero-order valence-corrected chi connectivity index (χ0v) is 13.0. The summed E-state index contributed by atoms with van der Waals surface area (Å²) in [5.74, 6) is 0.732. The van der Waals surface area contributed by atoms with Crippen LogP contribution in [0.5, 0.6) is 0 Å². The lowest BCUT2D eigenvalue weighted by atomic mass is 10.0. The lowest BCUT2D eigenvalue weighted by Crippen LogP contribution is -2.06. The maximum absolute atomic E-state index is 11.1. The van der Waals surface area contributed by atoms with Crippen LogP contribution < -0.4 is 0 Å². The second kappa shape index (κ2) is 5.94. The summed E-state index contributed by atoms with van der Waals surface area (Å²) >= 11 is 0. The summed E-state index contributed by atoms with van der Waals surface area (Å²) in [6, 6.07) is 17.7. The van der Waals surface area contributed by atoms with E-state index in [0.717, 1.165) is 34.1 Å². The van der Waals surface area contributed by atoms with E-state index < -0.39 is 10.1 Å². The molecular weight excluding hydrogens is 300 g/mol. The molecule has 1 aromatic heterocycles. The van der Waals surface area contributed by atoms with Crippen molar-refractivity contribution < 1.29 is 17.0 Å². The van der Waals surface area contributed by atoms with E-state index in [0.29, 0.717) is 6.42 Å². The van der Waals surface area contributed by atoms with Crippen molar-refractivity contribution in [2.24, 2.45) is 0 Å². The largest absolute Gasteiger partial charge is 0.460 e. The van der Waals surface area contributed by atoms with E-state index in [-0.39, 0.29) is 6.61 Å². The van der Waals surface area contributed by atoms with Crippen molar-refractivity contribution in [2.75, 3.05) is 12.9 Å². The zero-order chi connectivity index (χ0) is 15.6. The van der Waals surface area contributed by atoms with Crippen molar-refractivity contribution in [3.63, 3.8) is 0 Å². The average molecular weight is 316 g/mol. The fraction of sp³-hybridized carbons (Fsp3) is 0.176. The van der Waals surface area contributed by atoms with Gasteiger partial charge in [0.05, 0.1) is 12.9 Å². The second-order valence-corrected chi connectivity index (χ2v) is 6.68. The Morgan fingerprint density at radius 2 is 1.68 bits per heavy atom. The highest BCUT2D eigenvalue weighted by Crippen LogP contribution is 2.35. The van der Waals surface area contributed by atoms with Crippen LogP contribution in [0.3, 0.4) is 0 Å². The van der Waals surface area contributed by atoms with Crippen LogP contribution in [-0.4, -0.2) is 21.3 Å². The summed E-state index contributed by atoms with van der Waals surface area (Å²) in [4.78, 5) is 0. The summed E-state index contributed by atoms with van der Waals surface area (Å²) in [5.41, 5.74) is 2.82. The first kappa shape index (κ1) is 14.8. The van der Waals surface area contributed by atoms with Crippen molar-refractivity contribution in [1.82, 2.24) is 0 Å². The van der Waals surface area contributed by atoms with Crippen LogP contribution >= 0.6 is 0 Å². The van der Waals surface area contributed by atoms with Crippen molar-refractivity contribution in [3.8, 4) is 11.1 Å². The van der Waals surface area contributed by atoms with E-state index in [1.807, 2.05) is 54.6 Å². The topological polar surface area (TPSA) is 56.5 Å². The monoisotopic (exact) mass is 316 g/mol. The number of hydrogen-bond acceptors (Lipinski definition) is 4. The van der Waals surface area contributed by atoms with Gasteiger partial charge in [0, 0.05) is 17.4 Å². The van der Waals surface area contributed by atoms with Crippen LogP contribution in [0, 0.1) is 0 Å². The van der Waals surface area contributed by atoms with E-state index in [9.17, 15) is 8.42 Å². The molecule has 2 aromatic carbocycles. The van der Waals surface area contributed by atoms with Crippen molar-refractivity contribution >= 4 is 21.1 Å². The number of para-hydroxylation sites is 1. The first-order valence-corrected chi connectivity index (χ1v) is 8.76. The quantitative estimate of drug-likeness (QED) is 0.675. The lowest BCUT2D eigenvalue weighted by Gasteiger charge is -2.04. The summed E-state index contributed by atoms with van der Waals surface area (Å²) in [6.45, 7) is 0.0679. The predicted octanol–water partition coefficient (Wildman–Crippen LogP) is 3.62. The molecule has 0 unspecified atom stereocenters. The predicted molar refractivity (Wildman–Crippen MR) is 86.1 cm³/mol. The number of fused-ring (bicyclic) bond motifs is 1. The molecule has 0 bridgehead atoms. The minimum atomic E-state index is -3.44. The molecule has 22 heavy (non-hydrogen) atoms. The Hall–Kier alpha value is -2.11. The Kier molecular flexibility index (Phi) is 4.00. The van der Waals surface area contributed by atoms with Crippen LogP contribution in [0.4, 0.5) is 0 Å². The second-order valence-electron chi connectivity index (χ2n) is 5.04. The summed E-state index contributed by atoms with van der Waals surface area (Å²) in [6.07, 6.45) is 1.44. The third-order valence-electron chi connectivity index (χ3n) is 3.36. The molecule has 0 fully saturated rings. The van der Waals surface area contributed by atoms with Crippen LogP contribution in [0.25, 0.3) is 22.1 Å². The van der Waals surface area contributed by atoms with Gasteiger partial charge >= 0.3 is 0 Å². The molecule has 0 N–H and O–H groups in total. The molecule has 0 atom stereocenters. The Bertz CT molecular complexity index is 879. The highest BCUT2D eigenvalue weighted by Gasteiger charge is 2.16. The van der Waals surface area contributed by atoms with Crippen LogP contribution in [0.2, 0.25) is 0 Å². The number of rotatable bonds is 5. The summed E-state index contributed by atoms with van der Waals surface area (Å²) in [7, 11) is -3.44. The molecule has 0 spiro atoms. The molecule has 0 saturated carbocycles. The molecule has 3 rings (SSSR count). The van der Waals surface area contributed by atoms with Gasteiger partial charge in [-0.2, -0.15) is 8.42 Å². The zero-order valence-electron chi connectivity index (χ0n) is 12.2. The minimum Gasteiger partial charge on any atom is -0.460 e. The Morgan fingerprint density at radius 3 is 2.41 bits per heavy atom. The first-order valence-electron chi connectivity index (χ1n) is 6.95. The Morgan fingerprint density at radius 1 is 1.00 bits per heavy atom. The van der Waals surface area contributed by atoms with Gasteiger partial charge in [-0.1, -0.05) is 48.5 Å². The molecule has 0 aliphatic heterocycles. The van der Waals surface area contributed by atoms with E-state index in [2.05, 4.69) is 0 Å². The molecule has 5 heteroatoms. The first-order chi connectivity index (χ1) is 10.5. The molecule has 0 radical (unpaired) electrons. The number of furan rings is 1. The summed E-state index contributed by atoms with van der Waals surface area (Å²) in [5, 5.41) is 1.02. The molecule has 1 heterocycles. The average Bonchev–Trinajstić information content (AvgIpc) is 2.85. The smallest absolute Gasteiger partial charge is 0.264 e. The highest BCUT2D eigenvalue weighted by atomic mass is 32.2. The van der Waals surface area contributed by atoms with Crippen molar-refractivity contribution in [2.45, 2.75) is 6.42 Å². The molecule has 0 saturated heterocycles. The van der Waals surface area contributed by atoms with Gasteiger partial charge in [0.2, 0.25) is 0 Å². The van der Waals surface area contributed by atoms with Crippen LogP contribution in [0.15, 0.2) is 59.0 Å². The van der Waals surface area contributed by atoms with E-state index >= 15 is 0 Å². The molecule has 114 valence electrons. The molecule has 0 aliphatic rings. The van der Waals surface area contributed by atoms with Gasteiger partial charge in [-0.15, -0.1) is 0 Å². The SMILES string of the molecule is CS(=O)(=O)OCCc1oc2ccccc2c1-c1ccccc1. The van der Waals surface area contributed by atoms with Gasteiger partial charge in [-0.3, -0.25) is 4.18 Å².